The minimum atomic E-state index is -5.48. The summed E-state index contributed by atoms with van der Waals surface area (Å²) in [6, 6.07) is 10.2. The number of hydrogen-bond donors (Lipinski definition) is 4. The molecular formula is C35H35N5O14S3-2. The number of aromatic carboxylic acids is 1. The zero-order valence-corrected chi connectivity index (χ0v) is 32.2. The number of rotatable bonds is 18. The number of anilines is 1. The van der Waals surface area contributed by atoms with Crippen molar-refractivity contribution in [1.82, 2.24) is 14.5 Å². The maximum atomic E-state index is 14.6. The minimum absolute atomic E-state index is 0.00686. The second-order valence-corrected chi connectivity index (χ2v) is 17.5. The normalized spacial score (nSPS) is 13.6. The quantitative estimate of drug-likeness (QED) is 0.0362. The van der Waals surface area contributed by atoms with Gasteiger partial charge >= 0.3 is 5.97 Å². The van der Waals surface area contributed by atoms with Crippen LogP contribution in [-0.4, -0.2) is 104 Å². The highest BCUT2D eigenvalue weighted by Gasteiger charge is 2.34. The lowest BCUT2D eigenvalue weighted by Gasteiger charge is -2.25. The highest BCUT2D eigenvalue weighted by atomic mass is 32.2. The summed E-state index contributed by atoms with van der Waals surface area (Å²) < 4.78 is 108. The molecule has 2 aliphatic heterocycles. The van der Waals surface area contributed by atoms with Crippen molar-refractivity contribution < 1.29 is 63.1 Å². The zero-order chi connectivity index (χ0) is 41.9. The summed E-state index contributed by atoms with van der Waals surface area (Å²) in [5.74, 6) is -4.49. The molecule has 0 spiro atoms. The summed E-state index contributed by atoms with van der Waals surface area (Å²) in [6.45, 7) is -0.853. The molecule has 19 nitrogen and oxygen atoms in total. The van der Waals surface area contributed by atoms with E-state index in [0.717, 1.165) is 27.4 Å². The maximum Gasteiger partial charge on any atom is 0.336 e. The molecule has 0 aromatic heterocycles. The van der Waals surface area contributed by atoms with Gasteiger partial charge in [0.1, 0.15) is 19.9 Å². The molecule has 0 unspecified atom stereocenters. The monoisotopic (exact) mass is 845 g/mol. The van der Waals surface area contributed by atoms with E-state index < -0.39 is 105 Å². The Balaban J connectivity index is 1.53. The van der Waals surface area contributed by atoms with Crippen molar-refractivity contribution in [3.63, 3.8) is 0 Å². The predicted molar refractivity (Wildman–Crippen MR) is 199 cm³/mol. The Kier molecular flexibility index (Phi) is 12.6. The number of amides is 3. The Morgan fingerprint density at radius 1 is 0.860 bits per heavy atom. The molecule has 0 saturated heterocycles. The van der Waals surface area contributed by atoms with Crippen LogP contribution in [0, 0.1) is 5.41 Å². The topological polar surface area (TPSA) is 319 Å². The molecule has 0 fully saturated rings. The van der Waals surface area contributed by atoms with Gasteiger partial charge in [0.25, 0.3) is 11.8 Å². The van der Waals surface area contributed by atoms with Crippen molar-refractivity contribution in [2.45, 2.75) is 41.9 Å². The molecule has 2 aromatic rings. The van der Waals surface area contributed by atoms with E-state index in [1.54, 1.807) is 0 Å². The van der Waals surface area contributed by atoms with Crippen LogP contribution in [0.4, 0.5) is 5.69 Å². The van der Waals surface area contributed by atoms with Crippen LogP contribution < -0.4 is 16.4 Å². The largest absolute Gasteiger partial charge is 0.748 e. The number of nitrogens with two attached hydrogens (primary N) is 1. The molecule has 3 aliphatic rings. The standard InChI is InChI=1S/C35H37N5O14S3/c36-25-12-10-23-30(21-7-3-4-8-22(21)35(44)45)24-11-13-26(37)34(57(51,52)53)32(24)54-31(23)33(25)56(49,50)39(18-6-20-55(46,47)48)17-5-1-2-9-27(41)38-16-19-40-28(42)14-15-29(40)43/h3-4,7-8,10-15,37H,1-2,5-6,9,16-20,36H2,(H,38,41)(H,44,45)(H,46,47,48)(H,51,52,53)/p-2. The molecule has 2 aromatic carbocycles. The van der Waals surface area contributed by atoms with Crippen molar-refractivity contribution in [2.24, 2.45) is 0 Å². The summed E-state index contributed by atoms with van der Waals surface area (Å²) >= 11 is 0. The number of fused-ring (bicyclic) bond motifs is 2. The molecular weight excluding hydrogens is 811 g/mol. The lowest BCUT2D eigenvalue weighted by molar-refractivity contribution is -0.137. The lowest BCUT2D eigenvalue weighted by Crippen LogP contribution is -2.38. The van der Waals surface area contributed by atoms with Crippen LogP contribution in [0.25, 0.3) is 33.4 Å². The fraction of sp³-hybridized carbons (Fsp3) is 0.286. The van der Waals surface area contributed by atoms with Crippen molar-refractivity contribution in [1.29, 1.82) is 5.41 Å². The van der Waals surface area contributed by atoms with Crippen molar-refractivity contribution in [2.75, 3.05) is 37.7 Å². The molecule has 0 saturated carbocycles. The molecule has 5 N–H and O–H groups in total. The van der Waals surface area contributed by atoms with E-state index in [0.29, 0.717) is 0 Å². The number of hydrogen-bond acceptors (Lipinski definition) is 15. The average molecular weight is 846 g/mol. The summed E-state index contributed by atoms with van der Waals surface area (Å²) in [6.07, 6.45) is 2.39. The Morgan fingerprint density at radius 3 is 2.18 bits per heavy atom. The van der Waals surface area contributed by atoms with Crippen LogP contribution in [0.3, 0.4) is 0 Å². The summed E-state index contributed by atoms with van der Waals surface area (Å²) in [7, 11) is -15.1. The first-order valence-corrected chi connectivity index (χ1v) is 21.5. The van der Waals surface area contributed by atoms with Crippen LogP contribution in [0.2, 0.25) is 0 Å². The number of carbonyl (C=O) groups excluding carboxylic acids is 3. The number of nitrogen functional groups attached to an aromatic ring is 1. The first-order chi connectivity index (χ1) is 26.7. The second-order valence-electron chi connectivity index (χ2n) is 12.8. The number of unbranched alkanes of at least 4 members (excludes halogenated alkanes) is 2. The molecule has 22 heteroatoms. The van der Waals surface area contributed by atoms with Crippen LogP contribution in [0.15, 0.2) is 74.9 Å². The van der Waals surface area contributed by atoms with Gasteiger partial charge in [-0.3, -0.25) is 24.7 Å². The van der Waals surface area contributed by atoms with Gasteiger partial charge in [0, 0.05) is 67.0 Å². The molecule has 0 radical (unpaired) electrons. The van der Waals surface area contributed by atoms with E-state index in [4.69, 9.17) is 15.6 Å². The third-order valence-corrected chi connectivity index (χ3v) is 12.6. The molecule has 57 heavy (non-hydrogen) atoms. The van der Waals surface area contributed by atoms with Gasteiger partial charge in [-0.1, -0.05) is 24.6 Å². The molecule has 2 heterocycles. The van der Waals surface area contributed by atoms with E-state index in [2.05, 4.69) is 5.32 Å². The number of carboxylic acid groups (broad SMARTS) is 1. The Morgan fingerprint density at radius 2 is 1.53 bits per heavy atom. The van der Waals surface area contributed by atoms with Crippen LogP contribution >= 0.6 is 0 Å². The summed E-state index contributed by atoms with van der Waals surface area (Å²) in [4.78, 5) is 47.1. The fourth-order valence-corrected chi connectivity index (χ4v) is 9.32. The molecule has 3 amide bonds. The molecule has 0 atom stereocenters. The number of imide groups is 1. The van der Waals surface area contributed by atoms with Crippen molar-refractivity contribution >= 4 is 70.6 Å². The Bertz CT molecular complexity index is 2660. The third kappa shape index (κ3) is 9.55. The molecule has 5 rings (SSSR count). The van der Waals surface area contributed by atoms with E-state index >= 15 is 0 Å². The van der Waals surface area contributed by atoms with Crippen molar-refractivity contribution in [3.05, 3.63) is 71.6 Å². The number of carbonyl (C=O) groups is 4. The second kappa shape index (κ2) is 16.9. The number of carboxylic acids is 1. The van der Waals surface area contributed by atoms with E-state index in [1.165, 1.54) is 42.5 Å². The van der Waals surface area contributed by atoms with E-state index in [1.807, 2.05) is 0 Å². The van der Waals surface area contributed by atoms with Gasteiger partial charge in [0.2, 0.25) is 15.9 Å². The smallest absolute Gasteiger partial charge is 0.336 e. The van der Waals surface area contributed by atoms with Gasteiger partial charge in [0.15, 0.2) is 11.3 Å². The van der Waals surface area contributed by atoms with Gasteiger partial charge in [-0.15, -0.1) is 0 Å². The fourth-order valence-electron chi connectivity index (χ4n) is 6.37. The number of nitrogens with one attached hydrogen (secondary N) is 2. The first-order valence-electron chi connectivity index (χ1n) is 17.1. The van der Waals surface area contributed by atoms with Crippen LogP contribution in [0.5, 0.6) is 0 Å². The van der Waals surface area contributed by atoms with Crippen LogP contribution in [0.1, 0.15) is 42.5 Å². The number of nitrogens with zero attached hydrogens (tertiary/aromatic N) is 2. The predicted octanol–water partition coefficient (Wildman–Crippen LogP) is 1.40. The third-order valence-electron chi connectivity index (χ3n) is 8.94. The number of sulfonamides is 1. The average Bonchev–Trinajstić information content (AvgIpc) is 3.44. The van der Waals surface area contributed by atoms with Gasteiger partial charge in [0.05, 0.1) is 26.7 Å². The van der Waals surface area contributed by atoms with E-state index in [-0.39, 0.29) is 73.0 Å². The first kappa shape index (κ1) is 42.6. The van der Waals surface area contributed by atoms with Gasteiger partial charge in [-0.2, -0.15) is 4.31 Å². The molecule has 0 bridgehead atoms. The van der Waals surface area contributed by atoms with Gasteiger partial charge in [-0.25, -0.2) is 30.0 Å². The highest BCUT2D eigenvalue weighted by molar-refractivity contribution is 7.89. The zero-order valence-electron chi connectivity index (χ0n) is 29.8. The van der Waals surface area contributed by atoms with E-state index in [9.17, 15) is 58.6 Å². The Hall–Kier alpha value is -5.52. The van der Waals surface area contributed by atoms with Crippen molar-refractivity contribution in [3.8, 4) is 22.5 Å². The minimum Gasteiger partial charge on any atom is -0.748 e. The van der Waals surface area contributed by atoms with Gasteiger partial charge < -0.3 is 29.7 Å². The summed E-state index contributed by atoms with van der Waals surface area (Å²) in [5, 5.41) is 20.0. The number of benzene rings is 3. The Labute approximate surface area is 326 Å². The molecule has 1 aliphatic carbocycles. The molecule has 304 valence electrons. The van der Waals surface area contributed by atoms with Gasteiger partial charge in [-0.05, 0) is 55.2 Å². The van der Waals surface area contributed by atoms with Crippen LogP contribution in [-0.2, 0) is 44.6 Å². The highest BCUT2D eigenvalue weighted by Crippen LogP contribution is 2.46. The lowest BCUT2D eigenvalue weighted by atomic mass is 9.90. The summed E-state index contributed by atoms with van der Waals surface area (Å²) in [5.41, 5.74) is 4.67. The maximum absolute atomic E-state index is 14.6. The SMILES string of the molecule is N=c1ccc2c(-c3ccccc3C(=O)O)c3ccc(N)c(S(=O)(=O)N(CCCCCC(=O)NCCN4C(=O)C=CC4=O)CCCS(=O)(=O)[O-])c3oc-2c1S(=O)(=O)[O-].